The molecule has 1 aromatic carbocycles. The molecule has 0 aromatic heterocycles. The van der Waals surface area contributed by atoms with Gasteiger partial charge in [0, 0.05) is 12.0 Å². The van der Waals surface area contributed by atoms with Crippen LogP contribution >= 0.6 is 0 Å². The Bertz CT molecular complexity index is 518. The highest BCUT2D eigenvalue weighted by Gasteiger charge is 2.12. The van der Waals surface area contributed by atoms with E-state index in [-0.39, 0.29) is 23.5 Å². The highest BCUT2D eigenvalue weighted by molar-refractivity contribution is 7.90. The normalized spacial score (nSPS) is 11.4. The average molecular weight is 273 g/mol. The van der Waals surface area contributed by atoms with Crippen LogP contribution in [0.25, 0.3) is 0 Å². The smallest absolute Gasteiger partial charge is 0.228 e. The molecule has 98 valence electrons. The Balaban J connectivity index is 2.64. The summed E-state index contributed by atoms with van der Waals surface area (Å²) < 4.78 is 47.9. The van der Waals surface area contributed by atoms with Gasteiger partial charge in [-0.2, -0.15) is 5.26 Å². The molecule has 0 saturated carbocycles. The van der Waals surface area contributed by atoms with Gasteiger partial charge < -0.3 is 0 Å². The summed E-state index contributed by atoms with van der Waals surface area (Å²) in [6.45, 7) is 0. The number of sulfone groups is 1. The minimum absolute atomic E-state index is 0.0584. The summed E-state index contributed by atoms with van der Waals surface area (Å²) in [5.74, 6) is -0.237. The van der Waals surface area contributed by atoms with Crippen molar-refractivity contribution < 1.29 is 17.2 Å². The van der Waals surface area contributed by atoms with E-state index in [0.717, 1.165) is 0 Å². The van der Waals surface area contributed by atoms with Gasteiger partial charge in [-0.15, -0.1) is 0 Å². The van der Waals surface area contributed by atoms with Crippen molar-refractivity contribution in [2.75, 3.05) is 5.75 Å². The van der Waals surface area contributed by atoms with Gasteiger partial charge in [-0.1, -0.05) is 24.3 Å². The Labute approximate surface area is 105 Å². The summed E-state index contributed by atoms with van der Waals surface area (Å²) in [4.78, 5) is 0. The Hall–Kier alpha value is -1.48. The number of hydrogen-bond acceptors (Lipinski definition) is 3. The van der Waals surface area contributed by atoms with Crippen molar-refractivity contribution in [3.63, 3.8) is 0 Å². The lowest BCUT2D eigenvalue weighted by Gasteiger charge is -2.05. The summed E-state index contributed by atoms with van der Waals surface area (Å²) >= 11 is 0. The predicted octanol–water partition coefficient (Wildman–Crippen LogP) is 2.84. The topological polar surface area (TPSA) is 57.9 Å². The number of unbranched alkanes of at least 4 members (excludes halogenated alkanes) is 1. The SMILES string of the molecule is N#CCCCS(=O)(=O)Cc1ccc(C(F)F)cc1. The first-order chi connectivity index (χ1) is 8.44. The number of benzene rings is 1. The van der Waals surface area contributed by atoms with Gasteiger partial charge in [0.25, 0.3) is 6.43 Å². The van der Waals surface area contributed by atoms with E-state index < -0.39 is 16.3 Å². The first-order valence-electron chi connectivity index (χ1n) is 5.39. The number of nitriles is 1. The van der Waals surface area contributed by atoms with E-state index in [9.17, 15) is 17.2 Å². The highest BCUT2D eigenvalue weighted by atomic mass is 32.2. The Morgan fingerprint density at radius 2 is 1.83 bits per heavy atom. The molecule has 0 bridgehead atoms. The predicted molar refractivity (Wildman–Crippen MR) is 63.7 cm³/mol. The van der Waals surface area contributed by atoms with Crippen LogP contribution < -0.4 is 0 Å². The van der Waals surface area contributed by atoms with Crippen LogP contribution in [0.15, 0.2) is 24.3 Å². The first kappa shape index (κ1) is 14.6. The quantitative estimate of drug-likeness (QED) is 0.749. The molecule has 0 unspecified atom stereocenters. The minimum Gasteiger partial charge on any atom is -0.228 e. The molecule has 0 aliphatic heterocycles. The zero-order valence-electron chi connectivity index (χ0n) is 9.64. The molecule has 0 aliphatic rings. The van der Waals surface area contributed by atoms with Crippen molar-refractivity contribution in [2.24, 2.45) is 0 Å². The van der Waals surface area contributed by atoms with Crippen LogP contribution in [0, 0.1) is 11.3 Å². The third kappa shape index (κ3) is 4.80. The molecule has 3 nitrogen and oxygen atoms in total. The van der Waals surface area contributed by atoms with E-state index in [0.29, 0.717) is 12.0 Å². The number of hydrogen-bond donors (Lipinski definition) is 0. The second kappa shape index (κ2) is 6.45. The lowest BCUT2D eigenvalue weighted by Crippen LogP contribution is -2.09. The summed E-state index contributed by atoms with van der Waals surface area (Å²) in [6, 6.07) is 7.11. The number of rotatable bonds is 6. The molecule has 0 spiro atoms. The maximum atomic E-state index is 12.3. The molecule has 6 heteroatoms. The molecule has 0 atom stereocenters. The molecule has 18 heavy (non-hydrogen) atoms. The summed E-state index contributed by atoms with van der Waals surface area (Å²) in [6.07, 6.45) is -2.05. The lowest BCUT2D eigenvalue weighted by molar-refractivity contribution is 0.151. The van der Waals surface area contributed by atoms with Crippen LogP contribution in [-0.2, 0) is 15.6 Å². The first-order valence-corrected chi connectivity index (χ1v) is 7.21. The van der Waals surface area contributed by atoms with Crippen LogP contribution in [-0.4, -0.2) is 14.2 Å². The standard InChI is InChI=1S/C12H13F2NO2S/c13-12(14)11-5-3-10(4-6-11)9-18(16,17)8-2-1-7-15/h3-6,12H,1-2,8-9H2. The van der Waals surface area contributed by atoms with Crippen LogP contribution in [0.3, 0.4) is 0 Å². The van der Waals surface area contributed by atoms with Crippen molar-refractivity contribution in [1.29, 1.82) is 5.26 Å². The van der Waals surface area contributed by atoms with Crippen molar-refractivity contribution >= 4 is 9.84 Å². The monoisotopic (exact) mass is 273 g/mol. The van der Waals surface area contributed by atoms with E-state index in [1.54, 1.807) is 0 Å². The molecule has 1 aromatic rings. The van der Waals surface area contributed by atoms with E-state index >= 15 is 0 Å². The van der Waals surface area contributed by atoms with Crippen LogP contribution in [0.1, 0.15) is 30.4 Å². The molecule has 0 heterocycles. The van der Waals surface area contributed by atoms with Crippen molar-refractivity contribution in [3.8, 4) is 6.07 Å². The summed E-state index contributed by atoms with van der Waals surface area (Å²) in [5, 5.41) is 8.32. The Kier molecular flexibility index (Phi) is 5.23. The zero-order chi connectivity index (χ0) is 13.6. The zero-order valence-corrected chi connectivity index (χ0v) is 10.5. The fraction of sp³-hybridized carbons (Fsp3) is 0.417. The maximum absolute atomic E-state index is 12.3. The van der Waals surface area contributed by atoms with Gasteiger partial charge >= 0.3 is 0 Å². The third-order valence-electron chi connectivity index (χ3n) is 2.36. The molecule has 1 rings (SSSR count). The molecule has 0 aliphatic carbocycles. The summed E-state index contributed by atoms with van der Waals surface area (Å²) in [7, 11) is -3.28. The van der Waals surface area contributed by atoms with Crippen LogP contribution in [0.2, 0.25) is 0 Å². The van der Waals surface area contributed by atoms with Gasteiger partial charge in [0.2, 0.25) is 0 Å². The van der Waals surface area contributed by atoms with Gasteiger partial charge in [-0.05, 0) is 12.0 Å². The van der Waals surface area contributed by atoms with E-state index in [2.05, 4.69) is 0 Å². The molecule has 0 saturated heterocycles. The number of alkyl halides is 2. The third-order valence-corrected chi connectivity index (χ3v) is 4.05. The number of halogens is 2. The van der Waals surface area contributed by atoms with Crippen LogP contribution in [0.4, 0.5) is 8.78 Å². The Morgan fingerprint density at radius 3 is 2.33 bits per heavy atom. The van der Waals surface area contributed by atoms with Crippen molar-refractivity contribution in [2.45, 2.75) is 25.0 Å². The lowest BCUT2D eigenvalue weighted by atomic mass is 10.2. The minimum atomic E-state index is -3.28. The molecule has 0 radical (unpaired) electrons. The molecular weight excluding hydrogens is 260 g/mol. The second-order valence-corrected chi connectivity index (χ2v) is 6.08. The molecule has 0 fully saturated rings. The van der Waals surface area contributed by atoms with Crippen LogP contribution in [0.5, 0.6) is 0 Å². The fourth-order valence-electron chi connectivity index (χ4n) is 1.46. The van der Waals surface area contributed by atoms with Gasteiger partial charge in [0.15, 0.2) is 9.84 Å². The molecular formula is C12H13F2NO2S. The van der Waals surface area contributed by atoms with Crippen molar-refractivity contribution in [1.82, 2.24) is 0 Å². The number of nitrogens with zero attached hydrogens (tertiary/aromatic N) is 1. The highest BCUT2D eigenvalue weighted by Crippen LogP contribution is 2.19. The van der Waals surface area contributed by atoms with E-state index in [4.69, 9.17) is 5.26 Å². The van der Waals surface area contributed by atoms with E-state index in [1.807, 2.05) is 6.07 Å². The second-order valence-electron chi connectivity index (χ2n) is 3.90. The van der Waals surface area contributed by atoms with Gasteiger partial charge in [-0.3, -0.25) is 0 Å². The van der Waals surface area contributed by atoms with Gasteiger partial charge in [0.1, 0.15) is 0 Å². The Morgan fingerprint density at radius 1 is 1.22 bits per heavy atom. The van der Waals surface area contributed by atoms with Crippen molar-refractivity contribution in [3.05, 3.63) is 35.4 Å². The fourth-order valence-corrected chi connectivity index (χ4v) is 2.89. The van der Waals surface area contributed by atoms with Gasteiger partial charge in [-0.25, -0.2) is 17.2 Å². The summed E-state index contributed by atoms with van der Waals surface area (Å²) in [5.41, 5.74) is 0.358. The van der Waals surface area contributed by atoms with Gasteiger partial charge in [0.05, 0.1) is 17.6 Å². The van der Waals surface area contributed by atoms with E-state index in [1.165, 1.54) is 24.3 Å². The molecule has 0 amide bonds. The maximum Gasteiger partial charge on any atom is 0.263 e. The largest absolute Gasteiger partial charge is 0.263 e. The average Bonchev–Trinajstić information content (AvgIpc) is 2.29. The molecule has 0 N–H and O–H groups in total.